The number of non-ortho nitro benzene ring substituents is 1. The molecule has 0 bridgehead atoms. The molecule has 138 valence electrons. The number of hydrogen-bond acceptors (Lipinski definition) is 9. The van der Waals surface area contributed by atoms with Crippen LogP contribution in [0.25, 0.3) is 10.2 Å². The summed E-state index contributed by atoms with van der Waals surface area (Å²) in [4.78, 5) is 38.5. The number of nitrogens with one attached hydrogen (secondary N) is 1. The summed E-state index contributed by atoms with van der Waals surface area (Å²) in [6.45, 7) is 0. The van der Waals surface area contributed by atoms with Crippen LogP contribution in [-0.4, -0.2) is 27.5 Å². The molecule has 0 saturated carbocycles. The number of nitrogen functional groups attached to an aromatic ring is 1. The molecule has 3 N–H and O–H groups in total. The number of nitro groups is 1. The van der Waals surface area contributed by atoms with E-state index in [1.165, 1.54) is 29.2 Å². The van der Waals surface area contributed by atoms with E-state index in [0.29, 0.717) is 4.34 Å². The molecule has 1 heterocycles. The molecule has 0 spiro atoms. The van der Waals surface area contributed by atoms with Gasteiger partial charge in [0.2, 0.25) is 0 Å². The van der Waals surface area contributed by atoms with E-state index < -0.39 is 16.8 Å². The summed E-state index contributed by atoms with van der Waals surface area (Å²) in [5.74, 6) is 3.50. The predicted octanol–water partition coefficient (Wildman–Crippen LogP) is 2.51. The van der Waals surface area contributed by atoms with E-state index in [-0.39, 0.29) is 22.8 Å². The average Bonchev–Trinajstić information content (AvgIpc) is 3.09. The van der Waals surface area contributed by atoms with Crippen molar-refractivity contribution in [2.45, 2.75) is 4.34 Å². The van der Waals surface area contributed by atoms with Crippen LogP contribution in [0.1, 0.15) is 10.4 Å². The number of ether oxygens (including phenoxy) is 1. The highest BCUT2D eigenvalue weighted by molar-refractivity contribution is 8.01. The first kappa shape index (κ1) is 18.8. The molecule has 0 aliphatic carbocycles. The number of rotatable bonds is 6. The zero-order valence-corrected chi connectivity index (χ0v) is 15.2. The summed E-state index contributed by atoms with van der Waals surface area (Å²) in [6, 6.07) is 10.9. The minimum Gasteiger partial charge on any atom is -0.425 e. The maximum absolute atomic E-state index is 12.1. The van der Waals surface area contributed by atoms with Crippen molar-refractivity contribution in [1.82, 2.24) is 10.4 Å². The topological polar surface area (TPSA) is 137 Å². The van der Waals surface area contributed by atoms with Gasteiger partial charge in [-0.1, -0.05) is 23.9 Å². The molecule has 1 amide bonds. The number of benzene rings is 2. The number of thiazole rings is 1. The SMILES string of the molecule is NNC(=O)c1cc([N+](=O)[O-])ccc1OC(=O)CSc1nc2ccccc2s1. The number of carbonyl (C=O) groups excluding carboxylic acids is 2. The first-order valence-electron chi connectivity index (χ1n) is 7.46. The minimum atomic E-state index is -0.805. The maximum Gasteiger partial charge on any atom is 0.321 e. The molecular formula is C16H12N4O5S2. The average molecular weight is 404 g/mol. The number of hydrazine groups is 1. The second-order valence-electron chi connectivity index (χ2n) is 5.12. The summed E-state index contributed by atoms with van der Waals surface area (Å²) >= 11 is 2.65. The van der Waals surface area contributed by atoms with Gasteiger partial charge >= 0.3 is 5.97 Å². The second-order valence-corrected chi connectivity index (χ2v) is 7.37. The summed E-state index contributed by atoms with van der Waals surface area (Å²) in [5.41, 5.74) is 2.18. The van der Waals surface area contributed by atoms with E-state index in [1.54, 1.807) is 0 Å². The van der Waals surface area contributed by atoms with E-state index >= 15 is 0 Å². The highest BCUT2D eigenvalue weighted by Crippen LogP contribution is 2.30. The molecular weight excluding hydrogens is 392 g/mol. The van der Waals surface area contributed by atoms with Crippen molar-refractivity contribution in [2.24, 2.45) is 5.84 Å². The fourth-order valence-electron chi connectivity index (χ4n) is 2.16. The highest BCUT2D eigenvalue weighted by atomic mass is 32.2. The summed E-state index contributed by atoms with van der Waals surface area (Å²) < 4.78 is 6.89. The standard InChI is InChI=1S/C16H12N4O5S2/c17-19-15(22)10-7-9(20(23)24)5-6-12(10)25-14(21)8-26-16-18-11-3-1-2-4-13(11)27-16/h1-7H,8,17H2,(H,19,22). The first-order chi connectivity index (χ1) is 13.0. The van der Waals surface area contributed by atoms with Gasteiger partial charge in [-0.05, 0) is 18.2 Å². The Labute approximate surface area is 160 Å². The number of hydrogen-bond donors (Lipinski definition) is 2. The zero-order valence-electron chi connectivity index (χ0n) is 13.6. The highest BCUT2D eigenvalue weighted by Gasteiger charge is 2.19. The number of aromatic nitrogens is 1. The molecule has 3 aromatic rings. The Hall–Kier alpha value is -3.02. The number of nitrogens with zero attached hydrogens (tertiary/aromatic N) is 2. The molecule has 2 aromatic carbocycles. The van der Waals surface area contributed by atoms with Gasteiger partial charge in [-0.25, -0.2) is 10.8 Å². The lowest BCUT2D eigenvalue weighted by molar-refractivity contribution is -0.384. The third-order valence-corrected chi connectivity index (χ3v) is 5.51. The van der Waals surface area contributed by atoms with Gasteiger partial charge in [0, 0.05) is 12.1 Å². The van der Waals surface area contributed by atoms with Crippen molar-refractivity contribution in [3.05, 3.63) is 58.1 Å². The molecule has 0 aliphatic rings. The summed E-state index contributed by atoms with van der Waals surface area (Å²) in [7, 11) is 0. The molecule has 0 fully saturated rings. The zero-order chi connectivity index (χ0) is 19.4. The fourth-order valence-corrected chi connectivity index (χ4v) is 4.00. The monoisotopic (exact) mass is 404 g/mol. The first-order valence-corrected chi connectivity index (χ1v) is 9.26. The Balaban J connectivity index is 1.71. The van der Waals surface area contributed by atoms with E-state index in [2.05, 4.69) is 4.98 Å². The number of esters is 1. The fraction of sp³-hybridized carbons (Fsp3) is 0.0625. The molecule has 1 aromatic heterocycles. The van der Waals surface area contributed by atoms with Crippen LogP contribution in [-0.2, 0) is 4.79 Å². The quantitative estimate of drug-likeness (QED) is 0.122. The number of carbonyl (C=O) groups is 2. The van der Waals surface area contributed by atoms with Crippen LogP contribution < -0.4 is 16.0 Å². The van der Waals surface area contributed by atoms with Crippen LogP contribution in [0.3, 0.4) is 0 Å². The smallest absolute Gasteiger partial charge is 0.321 e. The van der Waals surface area contributed by atoms with Crippen LogP contribution in [0.5, 0.6) is 5.75 Å². The van der Waals surface area contributed by atoms with Gasteiger partial charge in [-0.2, -0.15) is 0 Å². The van der Waals surface area contributed by atoms with Crippen LogP contribution in [0.2, 0.25) is 0 Å². The van der Waals surface area contributed by atoms with E-state index in [9.17, 15) is 19.7 Å². The molecule has 0 saturated heterocycles. The number of fused-ring (bicyclic) bond motifs is 1. The largest absolute Gasteiger partial charge is 0.425 e. The lowest BCUT2D eigenvalue weighted by Gasteiger charge is -2.08. The lowest BCUT2D eigenvalue weighted by Crippen LogP contribution is -2.30. The van der Waals surface area contributed by atoms with Gasteiger partial charge in [0.15, 0.2) is 4.34 Å². The maximum atomic E-state index is 12.1. The van der Waals surface area contributed by atoms with Gasteiger partial charge in [0.05, 0.1) is 26.5 Å². The van der Waals surface area contributed by atoms with E-state index in [0.717, 1.165) is 22.3 Å². The second kappa shape index (κ2) is 8.12. The predicted molar refractivity (Wildman–Crippen MR) is 101 cm³/mol. The number of nitro benzene ring substituents is 1. The van der Waals surface area contributed by atoms with E-state index in [1.807, 2.05) is 29.7 Å². The Bertz CT molecular complexity index is 1000. The molecule has 0 aliphatic heterocycles. The van der Waals surface area contributed by atoms with Gasteiger partial charge in [-0.15, -0.1) is 11.3 Å². The normalized spacial score (nSPS) is 10.6. The molecule has 27 heavy (non-hydrogen) atoms. The van der Waals surface area contributed by atoms with Crippen LogP contribution in [0, 0.1) is 10.1 Å². The summed E-state index contributed by atoms with van der Waals surface area (Å²) in [5, 5.41) is 10.9. The number of nitrogens with two attached hydrogens (primary N) is 1. The number of thioether (sulfide) groups is 1. The van der Waals surface area contributed by atoms with Crippen molar-refractivity contribution in [2.75, 3.05) is 5.75 Å². The van der Waals surface area contributed by atoms with Gasteiger partial charge in [0.1, 0.15) is 5.75 Å². The van der Waals surface area contributed by atoms with Crippen molar-refractivity contribution in [3.8, 4) is 5.75 Å². The number of para-hydroxylation sites is 1. The Morgan fingerprint density at radius 3 is 2.78 bits per heavy atom. The van der Waals surface area contributed by atoms with Gasteiger partial charge < -0.3 is 4.74 Å². The molecule has 9 nitrogen and oxygen atoms in total. The van der Waals surface area contributed by atoms with Crippen molar-refractivity contribution >= 4 is 50.9 Å². The Morgan fingerprint density at radius 2 is 2.07 bits per heavy atom. The molecule has 3 rings (SSSR count). The van der Waals surface area contributed by atoms with Crippen LogP contribution >= 0.6 is 23.1 Å². The van der Waals surface area contributed by atoms with Gasteiger partial charge in [0.25, 0.3) is 11.6 Å². The Morgan fingerprint density at radius 1 is 1.30 bits per heavy atom. The van der Waals surface area contributed by atoms with Crippen molar-refractivity contribution in [1.29, 1.82) is 0 Å². The minimum absolute atomic E-state index is 0.0412. The number of amides is 1. The Kier molecular flexibility index (Phi) is 5.64. The molecule has 11 heteroatoms. The van der Waals surface area contributed by atoms with E-state index in [4.69, 9.17) is 10.6 Å². The van der Waals surface area contributed by atoms with Gasteiger partial charge in [-0.3, -0.25) is 25.1 Å². The molecule has 0 radical (unpaired) electrons. The van der Waals surface area contributed by atoms with Crippen LogP contribution in [0.4, 0.5) is 5.69 Å². The lowest BCUT2D eigenvalue weighted by atomic mass is 10.1. The van der Waals surface area contributed by atoms with Crippen LogP contribution in [0.15, 0.2) is 46.8 Å². The van der Waals surface area contributed by atoms with Crippen molar-refractivity contribution in [3.63, 3.8) is 0 Å². The summed E-state index contributed by atoms with van der Waals surface area (Å²) in [6.07, 6.45) is 0. The molecule has 0 atom stereocenters. The van der Waals surface area contributed by atoms with Crippen molar-refractivity contribution < 1.29 is 19.2 Å². The third kappa shape index (κ3) is 4.39. The third-order valence-electron chi connectivity index (χ3n) is 3.36. The molecule has 0 unspecified atom stereocenters.